The Morgan fingerprint density at radius 3 is 2.67 bits per heavy atom. The summed E-state index contributed by atoms with van der Waals surface area (Å²) in [6.07, 6.45) is 1.49. The second-order valence-electron chi connectivity index (χ2n) is 1.53. The van der Waals surface area contributed by atoms with E-state index in [1.807, 2.05) is 0 Å². The maximum absolute atomic E-state index is 8.88. The summed E-state index contributed by atoms with van der Waals surface area (Å²) in [5.74, 6) is 0. The lowest BCUT2D eigenvalue weighted by Crippen LogP contribution is -1.90. The normalized spacial score (nSPS) is 9.44. The molecule has 0 radical (unpaired) electrons. The molecule has 0 aliphatic carbocycles. The Morgan fingerprint density at radius 2 is 2.22 bits per heavy atom. The zero-order valence-corrected chi connectivity index (χ0v) is 6.82. The number of hydrogen-bond acceptors (Lipinski definition) is 2. The van der Waals surface area contributed by atoms with Gasteiger partial charge in [0.05, 0.1) is 6.20 Å². The van der Waals surface area contributed by atoms with Crippen LogP contribution in [0, 0.1) is 4.64 Å². The molecule has 48 valence electrons. The standard InChI is InChI=1S/C5H4BrNOS/c6-4-1-2-5(9)7(8)3-4/h1-3,8H. The molecule has 4 heteroatoms. The minimum atomic E-state index is 0.401. The Kier molecular flexibility index (Phi) is 1.87. The molecule has 0 atom stereocenters. The van der Waals surface area contributed by atoms with Gasteiger partial charge in [-0.05, 0) is 28.1 Å². The van der Waals surface area contributed by atoms with Crippen molar-refractivity contribution in [2.24, 2.45) is 0 Å². The monoisotopic (exact) mass is 205 g/mol. The molecule has 0 saturated heterocycles. The van der Waals surface area contributed by atoms with E-state index < -0.39 is 0 Å². The van der Waals surface area contributed by atoms with Crippen molar-refractivity contribution in [3.05, 3.63) is 27.4 Å². The van der Waals surface area contributed by atoms with Crippen molar-refractivity contribution in [1.29, 1.82) is 0 Å². The number of aromatic nitrogens is 1. The van der Waals surface area contributed by atoms with Crippen LogP contribution in [0.3, 0.4) is 0 Å². The first-order valence-corrected chi connectivity index (χ1v) is 3.48. The van der Waals surface area contributed by atoms with Crippen LogP contribution in [0.5, 0.6) is 0 Å². The molecule has 0 unspecified atom stereocenters. The molecule has 0 saturated carbocycles. The van der Waals surface area contributed by atoms with Gasteiger partial charge >= 0.3 is 0 Å². The highest BCUT2D eigenvalue weighted by Gasteiger charge is 1.86. The summed E-state index contributed by atoms with van der Waals surface area (Å²) in [6.45, 7) is 0. The highest BCUT2D eigenvalue weighted by Crippen LogP contribution is 2.06. The van der Waals surface area contributed by atoms with Gasteiger partial charge in [-0.2, -0.15) is 4.73 Å². The molecule has 1 aromatic heterocycles. The summed E-state index contributed by atoms with van der Waals surface area (Å²) < 4.78 is 2.09. The number of pyridine rings is 1. The van der Waals surface area contributed by atoms with Crippen LogP contribution in [0.2, 0.25) is 0 Å². The number of halogens is 1. The fourth-order valence-electron chi connectivity index (χ4n) is 0.451. The van der Waals surface area contributed by atoms with Gasteiger partial charge in [-0.25, -0.2) is 0 Å². The summed E-state index contributed by atoms with van der Waals surface area (Å²) in [7, 11) is 0. The van der Waals surface area contributed by atoms with Crippen LogP contribution in [0.25, 0.3) is 0 Å². The van der Waals surface area contributed by atoms with Crippen LogP contribution in [-0.4, -0.2) is 9.94 Å². The van der Waals surface area contributed by atoms with Gasteiger partial charge in [0.1, 0.15) is 4.64 Å². The molecule has 1 rings (SSSR count). The predicted octanol–water partition coefficient (Wildman–Crippen LogP) is 2.22. The smallest absolute Gasteiger partial charge is 0.142 e. The molecule has 1 heterocycles. The van der Waals surface area contributed by atoms with E-state index in [9.17, 15) is 0 Å². The van der Waals surface area contributed by atoms with Gasteiger partial charge in [0.2, 0.25) is 0 Å². The second-order valence-corrected chi connectivity index (χ2v) is 2.86. The molecular formula is C5H4BrNOS. The van der Waals surface area contributed by atoms with Crippen LogP contribution >= 0.6 is 28.1 Å². The van der Waals surface area contributed by atoms with Crippen molar-refractivity contribution in [3.63, 3.8) is 0 Å². The zero-order valence-electron chi connectivity index (χ0n) is 4.41. The molecule has 0 bridgehead atoms. The van der Waals surface area contributed by atoms with E-state index in [4.69, 9.17) is 17.4 Å². The lowest BCUT2D eigenvalue weighted by atomic mass is 10.5. The van der Waals surface area contributed by atoms with Crippen LogP contribution in [0.4, 0.5) is 0 Å². The van der Waals surface area contributed by atoms with Crippen molar-refractivity contribution in [3.8, 4) is 0 Å². The molecule has 0 amide bonds. The summed E-state index contributed by atoms with van der Waals surface area (Å²) >= 11 is 7.87. The quantitative estimate of drug-likeness (QED) is 0.520. The van der Waals surface area contributed by atoms with E-state index in [-0.39, 0.29) is 0 Å². The first kappa shape index (κ1) is 6.77. The van der Waals surface area contributed by atoms with Gasteiger partial charge in [0.25, 0.3) is 0 Å². The van der Waals surface area contributed by atoms with E-state index >= 15 is 0 Å². The van der Waals surface area contributed by atoms with Crippen molar-refractivity contribution < 1.29 is 5.21 Å². The van der Waals surface area contributed by atoms with Crippen LogP contribution < -0.4 is 0 Å². The van der Waals surface area contributed by atoms with Gasteiger partial charge in [-0.3, -0.25) is 0 Å². The van der Waals surface area contributed by atoms with E-state index in [0.29, 0.717) is 4.64 Å². The molecule has 9 heavy (non-hydrogen) atoms. The van der Waals surface area contributed by atoms with E-state index in [2.05, 4.69) is 15.9 Å². The average Bonchev–Trinajstić information content (AvgIpc) is 1.80. The predicted molar refractivity (Wildman–Crippen MR) is 40.2 cm³/mol. The molecule has 0 spiro atoms. The first-order valence-electron chi connectivity index (χ1n) is 2.27. The molecule has 1 aromatic rings. The van der Waals surface area contributed by atoms with Crippen molar-refractivity contribution in [2.75, 3.05) is 0 Å². The molecule has 0 aliphatic heterocycles. The lowest BCUT2D eigenvalue weighted by Gasteiger charge is -1.94. The molecule has 0 aliphatic rings. The van der Waals surface area contributed by atoms with Crippen LogP contribution in [0.15, 0.2) is 22.8 Å². The molecule has 2 nitrogen and oxygen atoms in total. The highest BCUT2D eigenvalue weighted by atomic mass is 79.9. The number of hydrogen-bond donors (Lipinski definition) is 1. The summed E-state index contributed by atoms with van der Waals surface area (Å²) in [6, 6.07) is 3.41. The largest absolute Gasteiger partial charge is 0.428 e. The first-order chi connectivity index (χ1) is 4.20. The topological polar surface area (TPSA) is 25.2 Å². The maximum Gasteiger partial charge on any atom is 0.142 e. The Labute approximate surface area is 65.8 Å². The average molecular weight is 206 g/mol. The Balaban J connectivity index is 3.34. The third kappa shape index (κ3) is 1.53. The SMILES string of the molecule is On1cc(Br)ccc1=S. The van der Waals surface area contributed by atoms with E-state index in [1.54, 1.807) is 12.1 Å². The van der Waals surface area contributed by atoms with Gasteiger partial charge in [0.15, 0.2) is 0 Å². The van der Waals surface area contributed by atoms with Crippen molar-refractivity contribution in [2.45, 2.75) is 0 Å². The molecule has 0 fully saturated rings. The van der Waals surface area contributed by atoms with Crippen LogP contribution in [0.1, 0.15) is 0 Å². The van der Waals surface area contributed by atoms with Gasteiger partial charge in [0, 0.05) is 4.47 Å². The van der Waals surface area contributed by atoms with E-state index in [1.165, 1.54) is 6.20 Å². The van der Waals surface area contributed by atoms with Gasteiger partial charge in [-0.1, -0.05) is 12.2 Å². The van der Waals surface area contributed by atoms with Gasteiger partial charge in [-0.15, -0.1) is 0 Å². The third-order valence-corrected chi connectivity index (χ3v) is 1.65. The van der Waals surface area contributed by atoms with Crippen molar-refractivity contribution >= 4 is 28.1 Å². The molecule has 1 N–H and O–H groups in total. The summed E-state index contributed by atoms with van der Waals surface area (Å²) in [5.41, 5.74) is 0. The second kappa shape index (κ2) is 2.49. The van der Waals surface area contributed by atoms with Crippen LogP contribution in [-0.2, 0) is 0 Å². The number of rotatable bonds is 0. The Bertz CT molecular complexity index is 270. The summed E-state index contributed by atoms with van der Waals surface area (Å²) in [4.78, 5) is 0. The highest BCUT2D eigenvalue weighted by molar-refractivity contribution is 9.10. The maximum atomic E-state index is 8.88. The zero-order chi connectivity index (χ0) is 6.85. The Hall–Kier alpha value is -0.350. The fourth-order valence-corrected chi connectivity index (χ4v) is 0.898. The summed E-state index contributed by atoms with van der Waals surface area (Å²) in [5, 5.41) is 8.88. The van der Waals surface area contributed by atoms with Gasteiger partial charge < -0.3 is 5.21 Å². The number of nitrogens with zero attached hydrogens (tertiary/aromatic N) is 1. The van der Waals surface area contributed by atoms with E-state index in [0.717, 1.165) is 9.20 Å². The third-order valence-electron chi connectivity index (χ3n) is 0.857. The minimum Gasteiger partial charge on any atom is -0.428 e. The van der Waals surface area contributed by atoms with Crippen molar-refractivity contribution in [1.82, 2.24) is 4.73 Å². The Morgan fingerprint density at radius 1 is 1.56 bits per heavy atom. The molecular weight excluding hydrogens is 202 g/mol. The fraction of sp³-hybridized carbons (Fsp3) is 0. The minimum absolute atomic E-state index is 0.401. The molecule has 0 aromatic carbocycles. The lowest BCUT2D eigenvalue weighted by molar-refractivity contribution is 0.180.